The molecule has 2 aromatic rings. The number of hydrogen-bond acceptors (Lipinski definition) is 1. The van der Waals surface area contributed by atoms with Gasteiger partial charge in [0.05, 0.1) is 0 Å². The monoisotopic (exact) mass is 275 g/mol. The van der Waals surface area contributed by atoms with Crippen LogP contribution in [0.1, 0.15) is 18.4 Å². The van der Waals surface area contributed by atoms with Crippen molar-refractivity contribution >= 4 is 11.6 Å². The van der Waals surface area contributed by atoms with Crippen LogP contribution in [0.2, 0.25) is 5.02 Å². The van der Waals surface area contributed by atoms with Gasteiger partial charge in [0.1, 0.15) is 5.82 Å². The number of benzene rings is 2. The third-order valence-electron chi connectivity index (χ3n) is 3.39. The smallest absolute Gasteiger partial charge is 0.123 e. The van der Waals surface area contributed by atoms with Gasteiger partial charge in [-0.15, -0.1) is 0 Å². The molecule has 1 saturated carbocycles. The van der Waals surface area contributed by atoms with E-state index in [0.717, 1.165) is 28.3 Å². The van der Waals surface area contributed by atoms with E-state index < -0.39 is 0 Å². The lowest BCUT2D eigenvalue weighted by Gasteiger charge is -2.08. The Labute approximate surface area is 117 Å². The quantitative estimate of drug-likeness (QED) is 0.872. The second kappa shape index (κ2) is 5.32. The van der Waals surface area contributed by atoms with Crippen LogP contribution in [0.15, 0.2) is 42.5 Å². The predicted molar refractivity (Wildman–Crippen MR) is 76.7 cm³/mol. The molecule has 0 unspecified atom stereocenters. The van der Waals surface area contributed by atoms with Crippen LogP contribution in [-0.4, -0.2) is 6.04 Å². The lowest BCUT2D eigenvalue weighted by Crippen LogP contribution is -2.15. The Hall–Kier alpha value is -1.38. The van der Waals surface area contributed by atoms with Crippen molar-refractivity contribution in [2.45, 2.75) is 25.4 Å². The van der Waals surface area contributed by atoms with Crippen LogP contribution < -0.4 is 5.32 Å². The summed E-state index contributed by atoms with van der Waals surface area (Å²) < 4.78 is 12.9. The summed E-state index contributed by atoms with van der Waals surface area (Å²) in [7, 11) is 0. The first-order valence-electron chi connectivity index (χ1n) is 6.50. The molecule has 0 spiro atoms. The fraction of sp³-hybridized carbons (Fsp3) is 0.250. The molecular weight excluding hydrogens is 261 g/mol. The molecule has 1 N–H and O–H groups in total. The summed E-state index contributed by atoms with van der Waals surface area (Å²) in [6.45, 7) is 0.813. The van der Waals surface area contributed by atoms with Gasteiger partial charge in [0.2, 0.25) is 0 Å². The summed E-state index contributed by atoms with van der Waals surface area (Å²) in [5, 5.41) is 4.21. The van der Waals surface area contributed by atoms with E-state index in [1.54, 1.807) is 12.1 Å². The first kappa shape index (κ1) is 12.6. The van der Waals surface area contributed by atoms with Crippen molar-refractivity contribution in [3.05, 3.63) is 58.9 Å². The second-order valence-corrected chi connectivity index (χ2v) is 5.38. The molecule has 19 heavy (non-hydrogen) atoms. The van der Waals surface area contributed by atoms with Gasteiger partial charge < -0.3 is 5.32 Å². The molecule has 0 bridgehead atoms. The highest BCUT2D eigenvalue weighted by atomic mass is 35.5. The zero-order valence-corrected chi connectivity index (χ0v) is 11.3. The zero-order valence-electron chi connectivity index (χ0n) is 10.5. The van der Waals surface area contributed by atoms with E-state index >= 15 is 0 Å². The molecule has 1 aliphatic rings. The summed E-state index contributed by atoms with van der Waals surface area (Å²) in [6, 6.07) is 13.1. The highest BCUT2D eigenvalue weighted by Gasteiger charge is 2.20. The first-order chi connectivity index (χ1) is 9.22. The van der Waals surface area contributed by atoms with Gasteiger partial charge in [-0.25, -0.2) is 4.39 Å². The van der Waals surface area contributed by atoms with E-state index in [4.69, 9.17) is 11.6 Å². The van der Waals surface area contributed by atoms with Gasteiger partial charge in [-0.05, 0) is 47.7 Å². The Balaban J connectivity index is 1.79. The maximum Gasteiger partial charge on any atom is 0.123 e. The lowest BCUT2D eigenvalue weighted by molar-refractivity contribution is 0.628. The Morgan fingerprint density at radius 1 is 1.05 bits per heavy atom. The molecule has 1 fully saturated rings. The van der Waals surface area contributed by atoms with Crippen LogP contribution in [0.4, 0.5) is 4.39 Å². The molecular formula is C16H15ClFN. The van der Waals surface area contributed by atoms with Crippen molar-refractivity contribution in [2.75, 3.05) is 0 Å². The zero-order chi connectivity index (χ0) is 13.2. The SMILES string of the molecule is Fc1ccc(-c2ccc(CNC3CC3)c(Cl)c2)cc1. The summed E-state index contributed by atoms with van der Waals surface area (Å²) in [6.07, 6.45) is 2.54. The minimum Gasteiger partial charge on any atom is -0.310 e. The van der Waals surface area contributed by atoms with Gasteiger partial charge in [0, 0.05) is 17.6 Å². The molecule has 2 aromatic carbocycles. The molecule has 0 atom stereocenters. The topological polar surface area (TPSA) is 12.0 Å². The van der Waals surface area contributed by atoms with Gasteiger partial charge in [-0.1, -0.05) is 35.9 Å². The van der Waals surface area contributed by atoms with E-state index in [1.807, 2.05) is 18.2 Å². The predicted octanol–water partition coefficient (Wildman–Crippen LogP) is 4.40. The molecule has 0 radical (unpaired) electrons. The normalized spacial score (nSPS) is 14.6. The molecule has 3 rings (SSSR count). The molecule has 0 amide bonds. The van der Waals surface area contributed by atoms with Gasteiger partial charge in [0.15, 0.2) is 0 Å². The third-order valence-corrected chi connectivity index (χ3v) is 3.74. The average Bonchev–Trinajstić information content (AvgIpc) is 3.22. The van der Waals surface area contributed by atoms with Crippen LogP contribution in [-0.2, 0) is 6.54 Å². The van der Waals surface area contributed by atoms with Crippen LogP contribution in [0.3, 0.4) is 0 Å². The summed E-state index contributed by atoms with van der Waals surface area (Å²) in [5.74, 6) is -0.222. The molecule has 1 aliphatic carbocycles. The Kier molecular flexibility index (Phi) is 3.54. The summed E-state index contributed by atoms with van der Waals surface area (Å²) in [5.41, 5.74) is 3.10. The van der Waals surface area contributed by atoms with Gasteiger partial charge in [-0.3, -0.25) is 0 Å². The van der Waals surface area contributed by atoms with Crippen molar-refractivity contribution in [1.82, 2.24) is 5.32 Å². The highest BCUT2D eigenvalue weighted by Crippen LogP contribution is 2.27. The second-order valence-electron chi connectivity index (χ2n) is 4.97. The molecule has 0 heterocycles. The van der Waals surface area contributed by atoms with Crippen molar-refractivity contribution in [3.63, 3.8) is 0 Å². The van der Waals surface area contributed by atoms with E-state index in [9.17, 15) is 4.39 Å². The lowest BCUT2D eigenvalue weighted by atomic mass is 10.0. The van der Waals surface area contributed by atoms with Gasteiger partial charge in [-0.2, -0.15) is 0 Å². The number of halogens is 2. The summed E-state index contributed by atoms with van der Waals surface area (Å²) in [4.78, 5) is 0. The molecule has 0 saturated heterocycles. The highest BCUT2D eigenvalue weighted by molar-refractivity contribution is 6.31. The van der Waals surface area contributed by atoms with Crippen molar-refractivity contribution in [2.24, 2.45) is 0 Å². The molecule has 3 heteroatoms. The fourth-order valence-corrected chi connectivity index (χ4v) is 2.30. The van der Waals surface area contributed by atoms with Crippen molar-refractivity contribution < 1.29 is 4.39 Å². The van der Waals surface area contributed by atoms with Crippen molar-refractivity contribution in [1.29, 1.82) is 0 Å². The van der Waals surface area contributed by atoms with Gasteiger partial charge in [0.25, 0.3) is 0 Å². The van der Waals surface area contributed by atoms with Crippen LogP contribution in [0.5, 0.6) is 0 Å². The summed E-state index contributed by atoms with van der Waals surface area (Å²) >= 11 is 6.30. The molecule has 0 aliphatic heterocycles. The minimum atomic E-state index is -0.222. The fourth-order valence-electron chi connectivity index (χ4n) is 2.05. The number of rotatable bonds is 4. The minimum absolute atomic E-state index is 0.222. The van der Waals surface area contributed by atoms with E-state index in [0.29, 0.717) is 6.04 Å². The van der Waals surface area contributed by atoms with E-state index in [-0.39, 0.29) is 5.82 Å². The Morgan fingerprint density at radius 3 is 2.37 bits per heavy atom. The standard InChI is InChI=1S/C16H15ClFN/c17-16-9-12(11-3-5-14(18)6-4-11)1-2-13(16)10-19-15-7-8-15/h1-6,9,15,19H,7-8,10H2. The maximum atomic E-state index is 12.9. The van der Waals surface area contributed by atoms with Crippen LogP contribution in [0, 0.1) is 5.82 Å². The first-order valence-corrected chi connectivity index (χ1v) is 6.88. The van der Waals surface area contributed by atoms with E-state index in [2.05, 4.69) is 5.32 Å². The maximum absolute atomic E-state index is 12.9. The number of nitrogens with one attached hydrogen (secondary N) is 1. The van der Waals surface area contributed by atoms with Gasteiger partial charge >= 0.3 is 0 Å². The molecule has 98 valence electrons. The Bertz CT molecular complexity index is 576. The third kappa shape index (κ3) is 3.14. The molecule has 1 nitrogen and oxygen atoms in total. The van der Waals surface area contributed by atoms with Crippen LogP contribution >= 0.6 is 11.6 Å². The Morgan fingerprint density at radius 2 is 1.74 bits per heavy atom. The van der Waals surface area contributed by atoms with Crippen LogP contribution in [0.25, 0.3) is 11.1 Å². The van der Waals surface area contributed by atoms with Crippen molar-refractivity contribution in [3.8, 4) is 11.1 Å². The molecule has 0 aromatic heterocycles. The number of hydrogen-bond donors (Lipinski definition) is 1. The van der Waals surface area contributed by atoms with E-state index in [1.165, 1.54) is 25.0 Å². The largest absolute Gasteiger partial charge is 0.310 e. The average molecular weight is 276 g/mol.